The molecule has 8 heteroatoms. The Hall–Kier alpha value is -1.55. The van der Waals surface area contributed by atoms with Gasteiger partial charge in [0, 0.05) is 23.7 Å². The molecule has 0 saturated carbocycles. The van der Waals surface area contributed by atoms with Crippen LogP contribution in [0.4, 0.5) is 0 Å². The third-order valence-corrected chi connectivity index (χ3v) is 4.73. The summed E-state index contributed by atoms with van der Waals surface area (Å²) in [6.07, 6.45) is 2.93. The number of rotatable bonds is 9. The van der Waals surface area contributed by atoms with E-state index >= 15 is 0 Å². The van der Waals surface area contributed by atoms with E-state index in [0.717, 1.165) is 35.4 Å². The minimum absolute atomic E-state index is 0. The van der Waals surface area contributed by atoms with Crippen molar-refractivity contribution in [3.05, 3.63) is 40.3 Å². The molecule has 1 aromatic carbocycles. The summed E-state index contributed by atoms with van der Waals surface area (Å²) in [6, 6.07) is 7.61. The smallest absolute Gasteiger partial charge is 0.191 e. The second-order valence-electron chi connectivity index (χ2n) is 5.76. The Kier molecular flexibility index (Phi) is 11.1. The lowest BCUT2D eigenvalue weighted by atomic mass is 10.3. The number of nitrogens with one attached hydrogen (secondary N) is 2. The molecule has 0 fully saturated rings. The zero-order valence-electron chi connectivity index (χ0n) is 16.3. The molecular weight excluding hydrogens is 475 g/mol. The predicted molar refractivity (Wildman–Crippen MR) is 123 cm³/mol. The van der Waals surface area contributed by atoms with E-state index in [1.165, 1.54) is 4.88 Å². The number of nitrogens with zero attached hydrogens (tertiary/aromatic N) is 2. The Morgan fingerprint density at radius 3 is 2.70 bits per heavy atom. The van der Waals surface area contributed by atoms with Crippen LogP contribution in [0.3, 0.4) is 0 Å². The summed E-state index contributed by atoms with van der Waals surface area (Å²) in [7, 11) is 1.65. The van der Waals surface area contributed by atoms with Crippen molar-refractivity contribution in [2.75, 3.05) is 20.2 Å². The molecule has 1 unspecified atom stereocenters. The molecule has 0 aliphatic rings. The number of thiazole rings is 1. The number of aryl methyl sites for hydroxylation is 1. The van der Waals surface area contributed by atoms with E-state index in [4.69, 9.17) is 9.47 Å². The number of methoxy groups -OCH3 is 1. The van der Waals surface area contributed by atoms with Crippen LogP contribution in [0.2, 0.25) is 0 Å². The molecule has 1 aromatic heterocycles. The summed E-state index contributed by atoms with van der Waals surface area (Å²) in [6.45, 7) is 8.22. The summed E-state index contributed by atoms with van der Waals surface area (Å²) in [4.78, 5) is 10.3. The molecule has 27 heavy (non-hydrogen) atoms. The van der Waals surface area contributed by atoms with Crippen molar-refractivity contribution in [1.82, 2.24) is 15.6 Å². The lowest BCUT2D eigenvalue weighted by Crippen LogP contribution is -2.41. The molecule has 1 atom stereocenters. The van der Waals surface area contributed by atoms with Gasteiger partial charge < -0.3 is 20.1 Å². The van der Waals surface area contributed by atoms with Gasteiger partial charge in [-0.3, -0.25) is 0 Å². The Labute approximate surface area is 182 Å². The average molecular weight is 504 g/mol. The Bertz CT molecular complexity index is 709. The number of aliphatic imine (C=N–C) groups is 1. The minimum Gasteiger partial charge on any atom is -0.497 e. The van der Waals surface area contributed by atoms with Crippen LogP contribution in [-0.2, 0) is 13.0 Å². The van der Waals surface area contributed by atoms with Crippen LogP contribution in [0.15, 0.2) is 35.5 Å². The second kappa shape index (κ2) is 12.8. The highest BCUT2D eigenvalue weighted by Crippen LogP contribution is 2.19. The highest BCUT2D eigenvalue weighted by molar-refractivity contribution is 14.0. The Morgan fingerprint density at radius 1 is 1.26 bits per heavy atom. The van der Waals surface area contributed by atoms with Gasteiger partial charge in [-0.25, -0.2) is 9.98 Å². The Morgan fingerprint density at radius 2 is 2.04 bits per heavy atom. The Balaban J connectivity index is 0.00000364. The van der Waals surface area contributed by atoms with E-state index in [1.54, 1.807) is 18.4 Å². The average Bonchev–Trinajstić information content (AvgIpc) is 3.12. The van der Waals surface area contributed by atoms with Crippen LogP contribution in [0, 0.1) is 0 Å². The van der Waals surface area contributed by atoms with Crippen molar-refractivity contribution in [1.29, 1.82) is 0 Å². The fourth-order valence-electron chi connectivity index (χ4n) is 2.26. The topological polar surface area (TPSA) is 67.8 Å². The predicted octanol–water partition coefficient (Wildman–Crippen LogP) is 3.85. The van der Waals surface area contributed by atoms with Crippen LogP contribution in [0.1, 0.15) is 30.7 Å². The van der Waals surface area contributed by atoms with Gasteiger partial charge in [0.05, 0.1) is 20.2 Å². The molecule has 0 bridgehead atoms. The standard InChI is InChI=1S/C19H28N4O2S.HI/c1-5-17-12-21-18(26-17)13-23-19(20-6-2)22-11-14(3)25-16-9-7-8-15(10-16)24-4;/h7-10,12,14H,5-6,11,13H2,1-4H3,(H2,20,22,23);1H. The van der Waals surface area contributed by atoms with Crippen molar-refractivity contribution in [3.8, 4) is 11.5 Å². The fourth-order valence-corrected chi connectivity index (χ4v) is 3.05. The van der Waals surface area contributed by atoms with Gasteiger partial charge in [-0.05, 0) is 32.4 Å². The molecule has 0 aliphatic carbocycles. The van der Waals surface area contributed by atoms with Gasteiger partial charge in [0.2, 0.25) is 0 Å². The third-order valence-electron chi connectivity index (χ3n) is 3.60. The van der Waals surface area contributed by atoms with E-state index in [-0.39, 0.29) is 30.1 Å². The van der Waals surface area contributed by atoms with Crippen molar-refractivity contribution >= 4 is 41.3 Å². The maximum absolute atomic E-state index is 5.93. The van der Waals surface area contributed by atoms with E-state index in [0.29, 0.717) is 13.1 Å². The van der Waals surface area contributed by atoms with E-state index in [9.17, 15) is 0 Å². The van der Waals surface area contributed by atoms with Crippen LogP contribution in [-0.4, -0.2) is 37.2 Å². The lowest BCUT2D eigenvalue weighted by molar-refractivity contribution is 0.223. The third kappa shape index (κ3) is 8.34. The maximum atomic E-state index is 5.93. The van der Waals surface area contributed by atoms with Crippen molar-refractivity contribution in [2.24, 2.45) is 4.99 Å². The zero-order valence-corrected chi connectivity index (χ0v) is 19.5. The molecule has 2 rings (SSSR count). The number of ether oxygens (including phenoxy) is 2. The quantitative estimate of drug-likeness (QED) is 0.309. The minimum atomic E-state index is -0.0162. The lowest BCUT2D eigenvalue weighted by Gasteiger charge is -2.18. The number of guanidine groups is 1. The number of benzene rings is 1. The molecule has 1 heterocycles. The number of halogens is 1. The van der Waals surface area contributed by atoms with E-state index < -0.39 is 0 Å². The normalized spacial score (nSPS) is 12.1. The summed E-state index contributed by atoms with van der Waals surface area (Å²) in [5, 5.41) is 7.60. The molecule has 0 amide bonds. The van der Waals surface area contributed by atoms with Gasteiger partial charge in [0.25, 0.3) is 0 Å². The highest BCUT2D eigenvalue weighted by Gasteiger charge is 2.07. The second-order valence-corrected chi connectivity index (χ2v) is 6.96. The number of hydrogen-bond donors (Lipinski definition) is 2. The first-order valence-corrected chi connectivity index (χ1v) is 9.72. The number of hydrogen-bond acceptors (Lipinski definition) is 5. The van der Waals surface area contributed by atoms with Crippen LogP contribution < -0.4 is 20.1 Å². The van der Waals surface area contributed by atoms with Gasteiger partial charge in [-0.1, -0.05) is 13.0 Å². The monoisotopic (exact) mass is 504 g/mol. The van der Waals surface area contributed by atoms with Gasteiger partial charge in [-0.2, -0.15) is 0 Å². The van der Waals surface area contributed by atoms with Crippen LogP contribution in [0.25, 0.3) is 0 Å². The SMILES string of the molecule is CCNC(=NCc1ncc(CC)s1)NCC(C)Oc1cccc(OC)c1.I. The first-order chi connectivity index (χ1) is 12.6. The summed E-state index contributed by atoms with van der Waals surface area (Å²) in [5.74, 6) is 2.34. The molecule has 0 radical (unpaired) electrons. The number of aromatic nitrogens is 1. The molecule has 6 nitrogen and oxygen atoms in total. The fraction of sp³-hybridized carbons (Fsp3) is 0.474. The molecule has 0 saturated heterocycles. The summed E-state index contributed by atoms with van der Waals surface area (Å²) >= 11 is 1.71. The first kappa shape index (κ1) is 23.5. The van der Waals surface area contributed by atoms with Gasteiger partial charge in [0.1, 0.15) is 22.6 Å². The van der Waals surface area contributed by atoms with Crippen molar-refractivity contribution in [2.45, 2.75) is 39.8 Å². The van der Waals surface area contributed by atoms with Crippen LogP contribution in [0.5, 0.6) is 11.5 Å². The van der Waals surface area contributed by atoms with Gasteiger partial charge in [0.15, 0.2) is 5.96 Å². The van der Waals surface area contributed by atoms with Gasteiger partial charge >= 0.3 is 0 Å². The molecular formula is C19H29IN4O2S. The molecule has 0 aliphatic heterocycles. The van der Waals surface area contributed by atoms with Crippen molar-refractivity contribution in [3.63, 3.8) is 0 Å². The molecule has 150 valence electrons. The summed E-state index contributed by atoms with van der Waals surface area (Å²) in [5.41, 5.74) is 0. The largest absolute Gasteiger partial charge is 0.497 e. The van der Waals surface area contributed by atoms with Gasteiger partial charge in [-0.15, -0.1) is 35.3 Å². The van der Waals surface area contributed by atoms with Crippen LogP contribution >= 0.6 is 35.3 Å². The first-order valence-electron chi connectivity index (χ1n) is 8.91. The van der Waals surface area contributed by atoms with Crippen molar-refractivity contribution < 1.29 is 9.47 Å². The molecule has 0 spiro atoms. The van der Waals surface area contributed by atoms with E-state index in [1.807, 2.05) is 44.3 Å². The highest BCUT2D eigenvalue weighted by atomic mass is 127. The maximum Gasteiger partial charge on any atom is 0.191 e. The zero-order chi connectivity index (χ0) is 18.8. The molecule has 2 N–H and O–H groups in total. The van der Waals surface area contributed by atoms with E-state index in [2.05, 4.69) is 27.5 Å². The summed E-state index contributed by atoms with van der Waals surface area (Å²) < 4.78 is 11.2. The molecule has 2 aromatic rings.